The Hall–Kier alpha value is -2.63. The summed E-state index contributed by atoms with van der Waals surface area (Å²) < 4.78 is 1.68. The quantitative estimate of drug-likeness (QED) is 0.797. The zero-order valence-electron chi connectivity index (χ0n) is 12.4. The maximum absolute atomic E-state index is 6.06. The van der Waals surface area contributed by atoms with Crippen LogP contribution in [-0.2, 0) is 0 Å². The van der Waals surface area contributed by atoms with Gasteiger partial charge in [-0.3, -0.25) is 0 Å². The first-order chi connectivity index (χ1) is 10.1. The molecule has 0 saturated heterocycles. The van der Waals surface area contributed by atoms with Crippen LogP contribution in [-0.4, -0.2) is 26.9 Å². The van der Waals surface area contributed by atoms with Crippen LogP contribution in [0.2, 0.25) is 0 Å². The van der Waals surface area contributed by atoms with Gasteiger partial charge in [0, 0.05) is 13.1 Å². The number of hydrogen-bond donors (Lipinski definition) is 1. The molecule has 1 atom stereocenters. The Labute approximate surface area is 123 Å². The molecule has 0 fully saturated rings. The van der Waals surface area contributed by atoms with Gasteiger partial charge in [0.15, 0.2) is 11.6 Å². The van der Waals surface area contributed by atoms with Gasteiger partial charge in [-0.1, -0.05) is 30.3 Å². The first-order valence-corrected chi connectivity index (χ1v) is 6.84. The van der Waals surface area contributed by atoms with Crippen LogP contribution in [0.15, 0.2) is 36.4 Å². The van der Waals surface area contributed by atoms with E-state index in [0.717, 1.165) is 11.6 Å². The average molecular weight is 282 g/mol. The number of aryl methyl sites for hydroxylation is 1. The van der Waals surface area contributed by atoms with Crippen LogP contribution >= 0.6 is 0 Å². The fourth-order valence-electron chi connectivity index (χ4n) is 2.32. The molecule has 0 spiro atoms. The van der Waals surface area contributed by atoms with Crippen LogP contribution < -0.4 is 10.6 Å². The Morgan fingerprint density at radius 3 is 2.62 bits per heavy atom. The van der Waals surface area contributed by atoms with Crippen molar-refractivity contribution in [2.75, 3.05) is 17.7 Å². The molecular formula is C15H18N6. The third-order valence-corrected chi connectivity index (χ3v) is 3.77. The third kappa shape index (κ3) is 2.29. The first kappa shape index (κ1) is 13.4. The SMILES string of the molecule is Cc1nnc2c(N)cc(N(C)[C@@H](C)c3ccccc3)nn12. The van der Waals surface area contributed by atoms with Crippen molar-refractivity contribution in [1.82, 2.24) is 19.8 Å². The van der Waals surface area contributed by atoms with Gasteiger partial charge in [-0.15, -0.1) is 15.3 Å². The molecule has 0 amide bonds. The topological polar surface area (TPSA) is 72.3 Å². The summed E-state index contributed by atoms with van der Waals surface area (Å²) in [7, 11) is 2.00. The maximum atomic E-state index is 6.06. The molecule has 3 aromatic rings. The normalized spacial score (nSPS) is 12.5. The molecule has 0 radical (unpaired) electrons. The molecule has 6 nitrogen and oxygen atoms in total. The predicted octanol–water partition coefficient (Wildman–Crippen LogP) is 2.21. The van der Waals surface area contributed by atoms with E-state index >= 15 is 0 Å². The van der Waals surface area contributed by atoms with Crippen molar-refractivity contribution in [3.05, 3.63) is 47.8 Å². The highest BCUT2D eigenvalue weighted by atomic mass is 15.4. The highest BCUT2D eigenvalue weighted by molar-refractivity contribution is 5.67. The zero-order chi connectivity index (χ0) is 15.0. The van der Waals surface area contributed by atoms with Gasteiger partial charge in [-0.2, -0.15) is 4.52 Å². The molecule has 6 heteroatoms. The van der Waals surface area contributed by atoms with Crippen LogP contribution in [0.4, 0.5) is 11.5 Å². The van der Waals surface area contributed by atoms with Crippen LogP contribution in [0, 0.1) is 6.92 Å². The number of anilines is 2. The molecule has 2 N–H and O–H groups in total. The summed E-state index contributed by atoms with van der Waals surface area (Å²) in [5.41, 5.74) is 8.45. The molecule has 2 heterocycles. The average Bonchev–Trinajstić information content (AvgIpc) is 2.89. The second-order valence-electron chi connectivity index (χ2n) is 5.14. The van der Waals surface area contributed by atoms with Crippen molar-refractivity contribution in [2.24, 2.45) is 0 Å². The summed E-state index contributed by atoms with van der Waals surface area (Å²) in [5.74, 6) is 1.51. The summed E-state index contributed by atoms with van der Waals surface area (Å²) in [6.07, 6.45) is 0. The molecular weight excluding hydrogens is 264 g/mol. The molecule has 3 rings (SSSR count). The van der Waals surface area contributed by atoms with Gasteiger partial charge in [0.2, 0.25) is 5.65 Å². The Morgan fingerprint density at radius 2 is 1.90 bits per heavy atom. The lowest BCUT2D eigenvalue weighted by Gasteiger charge is -2.26. The second kappa shape index (κ2) is 5.05. The molecule has 2 aromatic heterocycles. The fourth-order valence-corrected chi connectivity index (χ4v) is 2.32. The molecule has 0 bridgehead atoms. The smallest absolute Gasteiger partial charge is 0.200 e. The van der Waals surface area contributed by atoms with Gasteiger partial charge in [-0.25, -0.2) is 0 Å². The Morgan fingerprint density at radius 1 is 1.19 bits per heavy atom. The van der Waals surface area contributed by atoms with Gasteiger partial charge in [0.05, 0.1) is 11.7 Å². The van der Waals surface area contributed by atoms with E-state index in [1.807, 2.05) is 38.2 Å². The minimum absolute atomic E-state index is 0.187. The summed E-state index contributed by atoms with van der Waals surface area (Å²) >= 11 is 0. The summed E-state index contributed by atoms with van der Waals surface area (Å²) in [6, 6.07) is 12.3. The van der Waals surface area contributed by atoms with E-state index < -0.39 is 0 Å². The summed E-state index contributed by atoms with van der Waals surface area (Å²) in [6.45, 7) is 3.99. The first-order valence-electron chi connectivity index (χ1n) is 6.84. The fraction of sp³-hybridized carbons (Fsp3) is 0.267. The van der Waals surface area contributed by atoms with Crippen molar-refractivity contribution in [3.8, 4) is 0 Å². The number of benzene rings is 1. The van der Waals surface area contributed by atoms with E-state index in [1.54, 1.807) is 4.52 Å². The molecule has 0 unspecified atom stereocenters. The molecule has 0 aliphatic heterocycles. The van der Waals surface area contributed by atoms with E-state index in [4.69, 9.17) is 5.73 Å². The van der Waals surface area contributed by atoms with Crippen LogP contribution in [0.5, 0.6) is 0 Å². The van der Waals surface area contributed by atoms with E-state index in [2.05, 4.69) is 39.3 Å². The maximum Gasteiger partial charge on any atom is 0.200 e. The Bertz CT molecular complexity index is 764. The molecule has 0 aliphatic carbocycles. The lowest BCUT2D eigenvalue weighted by Crippen LogP contribution is -2.23. The number of aromatic nitrogens is 4. The zero-order valence-corrected chi connectivity index (χ0v) is 12.4. The van der Waals surface area contributed by atoms with Gasteiger partial charge in [-0.05, 0) is 19.4 Å². The number of nitrogens with zero attached hydrogens (tertiary/aromatic N) is 5. The van der Waals surface area contributed by atoms with Crippen LogP contribution in [0.1, 0.15) is 24.4 Å². The van der Waals surface area contributed by atoms with Crippen LogP contribution in [0.3, 0.4) is 0 Å². The predicted molar refractivity (Wildman–Crippen MR) is 83.2 cm³/mol. The van der Waals surface area contributed by atoms with Gasteiger partial charge in [0.1, 0.15) is 0 Å². The van der Waals surface area contributed by atoms with Crippen molar-refractivity contribution >= 4 is 17.2 Å². The highest BCUT2D eigenvalue weighted by Gasteiger charge is 2.16. The van der Waals surface area contributed by atoms with Crippen LogP contribution in [0.25, 0.3) is 5.65 Å². The van der Waals surface area contributed by atoms with Gasteiger partial charge >= 0.3 is 0 Å². The Balaban J connectivity index is 2.01. The lowest BCUT2D eigenvalue weighted by molar-refractivity contribution is 0.712. The minimum Gasteiger partial charge on any atom is -0.396 e. The largest absolute Gasteiger partial charge is 0.396 e. The van der Waals surface area contributed by atoms with Gasteiger partial charge in [0.25, 0.3) is 0 Å². The number of nitrogen functional groups attached to an aromatic ring is 1. The molecule has 21 heavy (non-hydrogen) atoms. The molecule has 0 aliphatic rings. The van der Waals surface area contributed by atoms with E-state index in [1.165, 1.54) is 5.56 Å². The summed E-state index contributed by atoms with van der Waals surface area (Å²) in [4.78, 5) is 2.09. The van der Waals surface area contributed by atoms with Crippen molar-refractivity contribution in [3.63, 3.8) is 0 Å². The number of fused-ring (bicyclic) bond motifs is 1. The highest BCUT2D eigenvalue weighted by Crippen LogP contribution is 2.25. The summed E-state index contributed by atoms with van der Waals surface area (Å²) in [5, 5.41) is 12.6. The Kier molecular flexibility index (Phi) is 3.21. The third-order valence-electron chi connectivity index (χ3n) is 3.77. The van der Waals surface area contributed by atoms with Crippen molar-refractivity contribution in [2.45, 2.75) is 19.9 Å². The monoisotopic (exact) mass is 282 g/mol. The molecule has 0 saturated carbocycles. The second-order valence-corrected chi connectivity index (χ2v) is 5.14. The number of hydrogen-bond acceptors (Lipinski definition) is 5. The minimum atomic E-state index is 0.187. The van der Waals surface area contributed by atoms with Crippen molar-refractivity contribution < 1.29 is 0 Å². The molecule has 108 valence electrons. The van der Waals surface area contributed by atoms with E-state index in [-0.39, 0.29) is 6.04 Å². The van der Waals surface area contributed by atoms with Crippen molar-refractivity contribution in [1.29, 1.82) is 0 Å². The standard InChI is InChI=1S/C15H18N6/c1-10(12-7-5-4-6-8-12)20(3)14-9-13(16)15-18-17-11(2)21(15)19-14/h4-10H,16H2,1-3H3/t10-/m0/s1. The van der Waals surface area contributed by atoms with Gasteiger partial charge < -0.3 is 10.6 Å². The molecule has 1 aromatic carbocycles. The lowest BCUT2D eigenvalue weighted by atomic mass is 10.1. The number of rotatable bonds is 3. The number of nitrogens with two attached hydrogens (primary N) is 1. The van der Waals surface area contributed by atoms with E-state index in [0.29, 0.717) is 11.3 Å². The van der Waals surface area contributed by atoms with E-state index in [9.17, 15) is 0 Å².